The van der Waals surface area contributed by atoms with Gasteiger partial charge in [-0.1, -0.05) is 48.7 Å². The van der Waals surface area contributed by atoms with Crippen molar-refractivity contribution in [2.75, 3.05) is 0 Å². The third-order valence-corrected chi connectivity index (χ3v) is 4.54. The zero-order valence-electron chi connectivity index (χ0n) is 13.1. The number of aliphatic imine (C=N–C) groups is 2. The van der Waals surface area contributed by atoms with Crippen molar-refractivity contribution < 1.29 is 0 Å². The van der Waals surface area contributed by atoms with Gasteiger partial charge in [0.05, 0.1) is 5.71 Å². The minimum Gasteiger partial charge on any atom is -0.382 e. The predicted molar refractivity (Wildman–Crippen MR) is 94.1 cm³/mol. The molecule has 0 bridgehead atoms. The lowest BCUT2D eigenvalue weighted by atomic mass is 9.89. The number of benzene rings is 1. The third-order valence-electron chi connectivity index (χ3n) is 4.04. The Morgan fingerprint density at radius 1 is 1.19 bits per heavy atom. The molecule has 1 aliphatic heterocycles. The summed E-state index contributed by atoms with van der Waals surface area (Å²) in [4.78, 5) is 9.62. The smallest absolute Gasteiger partial charge is 0.178 e. The van der Waals surface area contributed by atoms with Crippen LogP contribution in [-0.4, -0.2) is 11.5 Å². The first-order valence-electron chi connectivity index (χ1n) is 7.73. The van der Waals surface area contributed by atoms with Crippen molar-refractivity contribution in [1.29, 1.82) is 0 Å². The third kappa shape index (κ3) is 3.37. The van der Waals surface area contributed by atoms with Crippen LogP contribution in [-0.2, 0) is 12.1 Å². The monoisotopic (exact) mass is 349 g/mol. The molecule has 1 atom stereocenters. The number of aryl methyl sites for hydroxylation is 1. The van der Waals surface area contributed by atoms with Gasteiger partial charge in [0.25, 0.3) is 0 Å². The summed E-state index contributed by atoms with van der Waals surface area (Å²) in [7, 11) is 0. The van der Waals surface area contributed by atoms with Gasteiger partial charge in [0.15, 0.2) is 5.66 Å². The van der Waals surface area contributed by atoms with Gasteiger partial charge in [-0.3, -0.25) is 4.99 Å². The Bertz CT molecular complexity index is 557. The number of nitrogens with zero attached hydrogens (tertiary/aromatic N) is 2. The lowest BCUT2D eigenvalue weighted by Gasteiger charge is -2.26. The van der Waals surface area contributed by atoms with Gasteiger partial charge in [-0.05, 0) is 43.9 Å². The minimum absolute atomic E-state index is 0.515. The molecular formula is C17H24BrN3. The van der Waals surface area contributed by atoms with Gasteiger partial charge in [-0.2, -0.15) is 0 Å². The van der Waals surface area contributed by atoms with E-state index in [1.807, 2.05) is 6.92 Å². The van der Waals surface area contributed by atoms with Crippen LogP contribution in [0, 0.1) is 0 Å². The average Bonchev–Trinajstić information content (AvgIpc) is 2.75. The highest BCUT2D eigenvalue weighted by Gasteiger charge is 2.37. The standard InChI is InChI=1S/C17H24BrN3/c1-4-6-7-10-17(20-12(3)16(19)21-17)15-11-14(18)9-8-13(15)5-2/h8-9,11H,4-7,10H2,1-3H3,(H2,19,21). The van der Waals surface area contributed by atoms with Gasteiger partial charge < -0.3 is 5.73 Å². The molecular weight excluding hydrogens is 326 g/mol. The highest BCUT2D eigenvalue weighted by Crippen LogP contribution is 2.39. The van der Waals surface area contributed by atoms with Crippen molar-refractivity contribution in [3.8, 4) is 0 Å². The fourth-order valence-corrected chi connectivity index (χ4v) is 3.22. The van der Waals surface area contributed by atoms with E-state index in [0.29, 0.717) is 5.84 Å². The molecule has 1 aliphatic rings. The van der Waals surface area contributed by atoms with Gasteiger partial charge in [-0.25, -0.2) is 4.99 Å². The number of nitrogens with two attached hydrogens (primary N) is 1. The molecule has 1 aromatic rings. The Hall–Kier alpha value is -1.16. The van der Waals surface area contributed by atoms with Crippen LogP contribution in [0.2, 0.25) is 0 Å². The molecule has 0 radical (unpaired) electrons. The van der Waals surface area contributed by atoms with Crippen molar-refractivity contribution >= 4 is 27.5 Å². The fourth-order valence-electron chi connectivity index (χ4n) is 2.86. The number of rotatable bonds is 6. The molecule has 2 rings (SSSR count). The Kier molecular flexibility index (Phi) is 5.20. The molecule has 1 heterocycles. The Labute approximate surface area is 135 Å². The summed E-state index contributed by atoms with van der Waals surface area (Å²) >= 11 is 3.58. The normalized spacial score (nSPS) is 21.3. The van der Waals surface area contributed by atoms with Crippen molar-refractivity contribution in [3.05, 3.63) is 33.8 Å². The molecule has 0 amide bonds. The maximum Gasteiger partial charge on any atom is 0.178 e. The second-order valence-electron chi connectivity index (χ2n) is 5.62. The number of unbranched alkanes of at least 4 members (excludes halogenated alkanes) is 2. The fraction of sp³-hybridized carbons (Fsp3) is 0.529. The van der Waals surface area contributed by atoms with E-state index in [1.54, 1.807) is 0 Å². The first-order valence-corrected chi connectivity index (χ1v) is 8.52. The molecule has 1 aromatic carbocycles. The predicted octanol–water partition coefficient (Wildman–Crippen LogP) is 4.58. The maximum atomic E-state index is 6.03. The summed E-state index contributed by atoms with van der Waals surface area (Å²) in [6.07, 6.45) is 5.39. The average molecular weight is 350 g/mol. The van der Waals surface area contributed by atoms with Crippen LogP contribution >= 0.6 is 15.9 Å². The van der Waals surface area contributed by atoms with Crippen LogP contribution in [0.25, 0.3) is 0 Å². The Morgan fingerprint density at radius 3 is 2.52 bits per heavy atom. The molecule has 21 heavy (non-hydrogen) atoms. The second-order valence-corrected chi connectivity index (χ2v) is 6.54. The molecule has 0 aliphatic carbocycles. The minimum atomic E-state index is -0.515. The molecule has 4 heteroatoms. The molecule has 3 nitrogen and oxygen atoms in total. The van der Waals surface area contributed by atoms with E-state index in [-0.39, 0.29) is 0 Å². The van der Waals surface area contributed by atoms with Crippen LogP contribution in [0.4, 0.5) is 0 Å². The molecule has 0 spiro atoms. The van der Waals surface area contributed by atoms with Crippen LogP contribution in [0.15, 0.2) is 32.7 Å². The number of halogens is 1. The molecule has 0 saturated carbocycles. The van der Waals surface area contributed by atoms with Crippen molar-refractivity contribution in [2.45, 2.75) is 58.5 Å². The first kappa shape index (κ1) is 16.2. The van der Waals surface area contributed by atoms with E-state index in [1.165, 1.54) is 24.0 Å². The van der Waals surface area contributed by atoms with E-state index in [9.17, 15) is 0 Å². The lowest BCUT2D eigenvalue weighted by molar-refractivity contribution is 0.415. The number of hydrogen-bond acceptors (Lipinski definition) is 3. The summed E-state index contributed by atoms with van der Waals surface area (Å²) in [5.74, 6) is 0.577. The first-order chi connectivity index (χ1) is 10.0. The van der Waals surface area contributed by atoms with E-state index in [2.05, 4.69) is 48.0 Å². The van der Waals surface area contributed by atoms with E-state index < -0.39 is 5.66 Å². The summed E-state index contributed by atoms with van der Waals surface area (Å²) in [5.41, 5.74) is 8.86. The Balaban J connectivity index is 2.49. The molecule has 114 valence electrons. The van der Waals surface area contributed by atoms with Gasteiger partial charge in [-0.15, -0.1) is 0 Å². The van der Waals surface area contributed by atoms with E-state index in [4.69, 9.17) is 15.7 Å². The van der Waals surface area contributed by atoms with E-state index in [0.717, 1.165) is 29.4 Å². The topological polar surface area (TPSA) is 50.7 Å². The van der Waals surface area contributed by atoms with Crippen molar-refractivity contribution in [3.63, 3.8) is 0 Å². The van der Waals surface area contributed by atoms with Gasteiger partial charge >= 0.3 is 0 Å². The lowest BCUT2D eigenvalue weighted by Crippen LogP contribution is -2.22. The SMILES string of the molecule is CCCCCC1(c2cc(Br)ccc2CC)N=C(C)C(N)=N1. The van der Waals surface area contributed by atoms with Crippen molar-refractivity contribution in [1.82, 2.24) is 0 Å². The highest BCUT2D eigenvalue weighted by molar-refractivity contribution is 9.10. The maximum absolute atomic E-state index is 6.03. The van der Waals surface area contributed by atoms with Crippen LogP contribution in [0.5, 0.6) is 0 Å². The quantitative estimate of drug-likeness (QED) is 0.751. The summed E-state index contributed by atoms with van der Waals surface area (Å²) in [6.45, 7) is 6.33. The van der Waals surface area contributed by atoms with Crippen molar-refractivity contribution in [2.24, 2.45) is 15.7 Å². The second kappa shape index (κ2) is 6.73. The largest absolute Gasteiger partial charge is 0.382 e. The Morgan fingerprint density at radius 2 is 1.95 bits per heavy atom. The molecule has 0 aromatic heterocycles. The zero-order valence-corrected chi connectivity index (χ0v) is 14.7. The summed E-state index contributed by atoms with van der Waals surface area (Å²) < 4.78 is 1.07. The zero-order chi connectivity index (χ0) is 15.5. The summed E-state index contributed by atoms with van der Waals surface area (Å²) in [6, 6.07) is 6.40. The van der Waals surface area contributed by atoms with Gasteiger partial charge in [0.1, 0.15) is 5.84 Å². The molecule has 0 fully saturated rings. The van der Waals surface area contributed by atoms with Crippen LogP contribution in [0.3, 0.4) is 0 Å². The molecule has 0 saturated heterocycles. The number of hydrogen-bond donors (Lipinski definition) is 1. The van der Waals surface area contributed by atoms with Gasteiger partial charge in [0, 0.05) is 10.0 Å². The summed E-state index contributed by atoms with van der Waals surface area (Å²) in [5, 5.41) is 0. The van der Waals surface area contributed by atoms with Crippen LogP contribution < -0.4 is 5.73 Å². The van der Waals surface area contributed by atoms with Gasteiger partial charge in [0.2, 0.25) is 0 Å². The van der Waals surface area contributed by atoms with E-state index >= 15 is 0 Å². The molecule has 1 unspecified atom stereocenters. The highest BCUT2D eigenvalue weighted by atomic mass is 79.9. The van der Waals surface area contributed by atoms with Crippen LogP contribution in [0.1, 0.15) is 57.6 Å². The number of amidine groups is 1. The molecule has 2 N–H and O–H groups in total.